The van der Waals surface area contributed by atoms with Gasteiger partial charge in [0.25, 0.3) is 0 Å². The van der Waals surface area contributed by atoms with Crippen LogP contribution in [0.2, 0.25) is 0 Å². The Kier molecular flexibility index (Phi) is 9.09. The summed E-state index contributed by atoms with van der Waals surface area (Å²) < 4.78 is 7.11. The van der Waals surface area contributed by atoms with Crippen molar-refractivity contribution in [3.63, 3.8) is 0 Å². The van der Waals surface area contributed by atoms with Crippen molar-refractivity contribution < 1.29 is 4.74 Å². The molecular formula is C18H30IN7OS. The molecule has 2 aromatic heterocycles. The first kappa shape index (κ1) is 23.0. The first-order chi connectivity index (χ1) is 13.1. The van der Waals surface area contributed by atoms with Gasteiger partial charge in [0.2, 0.25) is 0 Å². The maximum Gasteiger partial charge on any atom is 0.191 e. The van der Waals surface area contributed by atoms with E-state index in [2.05, 4.69) is 51.9 Å². The third-order valence-electron chi connectivity index (χ3n) is 4.32. The molecule has 0 aliphatic carbocycles. The number of aromatic nitrogens is 4. The number of aliphatic imine (C=N–C) groups is 1. The van der Waals surface area contributed by atoms with Gasteiger partial charge >= 0.3 is 0 Å². The van der Waals surface area contributed by atoms with Gasteiger partial charge in [-0.3, -0.25) is 0 Å². The van der Waals surface area contributed by atoms with Crippen LogP contribution >= 0.6 is 35.3 Å². The second-order valence-corrected chi connectivity index (χ2v) is 7.86. The second-order valence-electron chi connectivity index (χ2n) is 6.97. The van der Waals surface area contributed by atoms with Crippen LogP contribution in [0.3, 0.4) is 0 Å². The van der Waals surface area contributed by atoms with E-state index in [4.69, 9.17) is 9.73 Å². The van der Waals surface area contributed by atoms with Gasteiger partial charge in [-0.05, 0) is 13.3 Å². The molecule has 8 nitrogen and oxygen atoms in total. The fourth-order valence-electron chi connectivity index (χ4n) is 3.00. The van der Waals surface area contributed by atoms with Gasteiger partial charge in [-0.15, -0.1) is 35.3 Å². The van der Waals surface area contributed by atoms with Gasteiger partial charge in [-0.1, -0.05) is 13.8 Å². The summed E-state index contributed by atoms with van der Waals surface area (Å²) in [6, 6.07) is 0.272. The highest BCUT2D eigenvalue weighted by atomic mass is 127. The Hall–Kier alpha value is -1.27. The molecule has 156 valence electrons. The van der Waals surface area contributed by atoms with Crippen LogP contribution in [0.4, 0.5) is 0 Å². The molecule has 0 spiro atoms. The number of thiazole rings is 1. The Balaban J connectivity index is 0.00000280. The van der Waals surface area contributed by atoms with Gasteiger partial charge in [0.1, 0.15) is 12.4 Å². The SMILES string of the molecule is CCNC(=NCc1csc(C(C)C)n1)NC1CCc2nc(COC)nn2C1.I. The zero-order valence-corrected chi connectivity index (χ0v) is 20.1. The molecule has 10 heteroatoms. The molecule has 2 N–H and O–H groups in total. The molecule has 3 heterocycles. The van der Waals surface area contributed by atoms with Gasteiger partial charge in [0, 0.05) is 37.4 Å². The molecule has 28 heavy (non-hydrogen) atoms. The molecule has 0 saturated heterocycles. The first-order valence-electron chi connectivity index (χ1n) is 9.49. The standard InChI is InChI=1S/C18H29N7OS.HI/c1-5-19-18(20-8-14-11-27-17(21-14)12(2)3)22-13-6-7-16-23-15(10-26-4)24-25(16)9-13;/h11-13H,5-10H2,1-4H3,(H2,19,20,22);1H. The minimum atomic E-state index is 0. The largest absolute Gasteiger partial charge is 0.377 e. The summed E-state index contributed by atoms with van der Waals surface area (Å²) in [6.45, 7) is 9.04. The predicted octanol–water partition coefficient (Wildman–Crippen LogP) is 2.69. The number of nitrogens with one attached hydrogen (secondary N) is 2. The molecule has 0 saturated carbocycles. The van der Waals surface area contributed by atoms with E-state index >= 15 is 0 Å². The number of guanidine groups is 1. The topological polar surface area (TPSA) is 89.2 Å². The molecule has 2 aromatic rings. The predicted molar refractivity (Wildman–Crippen MR) is 122 cm³/mol. The highest BCUT2D eigenvalue weighted by Crippen LogP contribution is 2.19. The molecule has 1 unspecified atom stereocenters. The van der Waals surface area contributed by atoms with Gasteiger partial charge < -0.3 is 15.4 Å². The van der Waals surface area contributed by atoms with Gasteiger partial charge in [0.05, 0.1) is 23.8 Å². The molecule has 3 rings (SSSR count). The highest BCUT2D eigenvalue weighted by Gasteiger charge is 2.22. The van der Waals surface area contributed by atoms with Gasteiger partial charge in [-0.2, -0.15) is 5.10 Å². The lowest BCUT2D eigenvalue weighted by Crippen LogP contribution is -2.47. The smallest absolute Gasteiger partial charge is 0.191 e. The number of hydrogen-bond donors (Lipinski definition) is 2. The van der Waals surface area contributed by atoms with Crippen LogP contribution in [-0.2, 0) is 30.9 Å². The summed E-state index contributed by atoms with van der Waals surface area (Å²) >= 11 is 1.71. The second kappa shape index (κ2) is 11.1. The summed E-state index contributed by atoms with van der Waals surface area (Å²) in [6.07, 6.45) is 1.90. The minimum Gasteiger partial charge on any atom is -0.377 e. The number of aryl methyl sites for hydroxylation is 1. The molecule has 0 aromatic carbocycles. The molecule has 0 bridgehead atoms. The molecule has 1 aliphatic rings. The molecule has 0 amide bonds. The van der Waals surface area contributed by atoms with E-state index in [-0.39, 0.29) is 30.0 Å². The van der Waals surface area contributed by atoms with Crippen LogP contribution in [0.5, 0.6) is 0 Å². The van der Waals surface area contributed by atoms with E-state index in [0.717, 1.165) is 54.2 Å². The quantitative estimate of drug-likeness (QED) is 0.332. The average Bonchev–Trinajstić information content (AvgIpc) is 3.26. The lowest BCUT2D eigenvalue weighted by Gasteiger charge is -2.25. The fourth-order valence-corrected chi connectivity index (χ4v) is 3.83. The van der Waals surface area contributed by atoms with E-state index < -0.39 is 0 Å². The van der Waals surface area contributed by atoms with E-state index in [1.807, 2.05) is 4.68 Å². The van der Waals surface area contributed by atoms with Crippen LogP contribution in [0, 0.1) is 0 Å². The third kappa shape index (κ3) is 6.11. The maximum absolute atomic E-state index is 5.13. The van der Waals surface area contributed by atoms with Gasteiger partial charge in [-0.25, -0.2) is 19.6 Å². The third-order valence-corrected chi connectivity index (χ3v) is 5.52. The molecule has 1 aliphatic heterocycles. The van der Waals surface area contributed by atoms with E-state index in [0.29, 0.717) is 19.1 Å². The van der Waals surface area contributed by atoms with Crippen LogP contribution in [-0.4, -0.2) is 45.4 Å². The van der Waals surface area contributed by atoms with Crippen molar-refractivity contribution in [2.75, 3.05) is 13.7 Å². The highest BCUT2D eigenvalue weighted by molar-refractivity contribution is 14.0. The Morgan fingerprint density at radius 2 is 2.25 bits per heavy atom. The lowest BCUT2D eigenvalue weighted by atomic mass is 10.1. The van der Waals surface area contributed by atoms with Crippen LogP contribution in [0.15, 0.2) is 10.4 Å². The summed E-state index contributed by atoms with van der Waals surface area (Å²) in [5.41, 5.74) is 1.02. The van der Waals surface area contributed by atoms with Crippen molar-refractivity contribution in [1.82, 2.24) is 30.4 Å². The summed E-state index contributed by atoms with van der Waals surface area (Å²) in [5, 5.41) is 14.7. The average molecular weight is 519 g/mol. The molecule has 1 atom stereocenters. The van der Waals surface area contributed by atoms with E-state index in [1.54, 1.807) is 18.4 Å². The van der Waals surface area contributed by atoms with Crippen LogP contribution in [0.25, 0.3) is 0 Å². The van der Waals surface area contributed by atoms with Crippen LogP contribution in [0.1, 0.15) is 55.5 Å². The van der Waals surface area contributed by atoms with Crippen molar-refractivity contribution in [2.45, 2.75) is 65.3 Å². The fraction of sp³-hybridized carbons (Fsp3) is 0.667. The molecule has 0 fully saturated rings. The Labute approximate surface area is 187 Å². The normalized spacial score (nSPS) is 16.6. The van der Waals surface area contributed by atoms with Crippen molar-refractivity contribution >= 4 is 41.3 Å². The first-order valence-corrected chi connectivity index (χ1v) is 10.4. The van der Waals surface area contributed by atoms with Crippen molar-refractivity contribution in [2.24, 2.45) is 4.99 Å². The monoisotopic (exact) mass is 519 g/mol. The van der Waals surface area contributed by atoms with Crippen molar-refractivity contribution in [3.05, 3.63) is 27.7 Å². The Morgan fingerprint density at radius 1 is 1.43 bits per heavy atom. The summed E-state index contributed by atoms with van der Waals surface area (Å²) in [5.74, 6) is 3.06. The number of hydrogen-bond acceptors (Lipinski definition) is 6. The number of rotatable bonds is 7. The minimum absolute atomic E-state index is 0. The number of fused-ring (bicyclic) bond motifs is 1. The summed E-state index contributed by atoms with van der Waals surface area (Å²) in [4.78, 5) is 13.9. The number of nitrogens with zero attached hydrogens (tertiary/aromatic N) is 5. The zero-order chi connectivity index (χ0) is 19.2. The van der Waals surface area contributed by atoms with E-state index in [1.165, 1.54) is 0 Å². The number of halogens is 1. The molecular weight excluding hydrogens is 489 g/mol. The Morgan fingerprint density at radius 3 is 2.93 bits per heavy atom. The van der Waals surface area contributed by atoms with E-state index in [9.17, 15) is 0 Å². The Bertz CT molecular complexity index is 774. The van der Waals surface area contributed by atoms with Crippen molar-refractivity contribution in [1.29, 1.82) is 0 Å². The summed E-state index contributed by atoms with van der Waals surface area (Å²) in [7, 11) is 1.66. The number of ether oxygens (including phenoxy) is 1. The molecule has 0 radical (unpaired) electrons. The van der Waals surface area contributed by atoms with Crippen LogP contribution < -0.4 is 10.6 Å². The maximum atomic E-state index is 5.13. The van der Waals surface area contributed by atoms with Gasteiger partial charge in [0.15, 0.2) is 11.8 Å². The zero-order valence-electron chi connectivity index (χ0n) is 16.9. The number of methoxy groups -OCH3 is 1. The lowest BCUT2D eigenvalue weighted by molar-refractivity contribution is 0.177. The van der Waals surface area contributed by atoms with Crippen molar-refractivity contribution in [3.8, 4) is 0 Å².